The number of aliphatic imine (C=N–C) groups is 2. The zero-order valence-corrected chi connectivity index (χ0v) is 15.8. The Morgan fingerprint density at radius 1 is 1.14 bits per heavy atom. The van der Waals surface area contributed by atoms with Gasteiger partial charge >= 0.3 is 0 Å². The molecular weight excluding hydrogens is 384 g/mol. The van der Waals surface area contributed by atoms with E-state index in [0.717, 1.165) is 24.1 Å². The average Bonchev–Trinajstić information content (AvgIpc) is 3.20. The third kappa shape index (κ3) is 3.83. The van der Waals surface area contributed by atoms with E-state index < -0.39 is 5.82 Å². The van der Waals surface area contributed by atoms with Crippen molar-refractivity contribution in [1.82, 2.24) is 4.90 Å². The minimum absolute atomic E-state index is 0.0584. The van der Waals surface area contributed by atoms with Gasteiger partial charge in [-0.1, -0.05) is 11.6 Å². The molecule has 1 atom stereocenters. The van der Waals surface area contributed by atoms with E-state index in [4.69, 9.17) is 11.6 Å². The first-order chi connectivity index (χ1) is 13.5. The van der Waals surface area contributed by atoms with Crippen molar-refractivity contribution >= 4 is 29.1 Å². The second-order valence-electron chi connectivity index (χ2n) is 6.97. The van der Waals surface area contributed by atoms with Gasteiger partial charge in [0.25, 0.3) is 5.91 Å². The third-order valence-corrected chi connectivity index (χ3v) is 5.38. The van der Waals surface area contributed by atoms with Crippen LogP contribution < -0.4 is 0 Å². The van der Waals surface area contributed by atoms with Crippen molar-refractivity contribution in [1.29, 1.82) is 0 Å². The average molecular weight is 402 g/mol. The van der Waals surface area contributed by atoms with Crippen molar-refractivity contribution in [3.8, 4) is 0 Å². The van der Waals surface area contributed by atoms with Crippen LogP contribution in [-0.4, -0.2) is 42.0 Å². The summed E-state index contributed by atoms with van der Waals surface area (Å²) in [5.74, 6) is -0.279. The number of halogens is 3. The van der Waals surface area contributed by atoms with Crippen LogP contribution in [0.25, 0.3) is 0 Å². The number of carbonyl (C=O) groups is 1. The standard InChI is InChI=1S/C21H18ClF2N3O/c22-17-10-14(5-8-18(17)24)21(28)27-9-1-2-15(12-27)19-11-25-20(26-19)13-3-6-16(23)7-4-13/h3-8,10,15H,1-2,9,11-12H2/t15-/m1/s1. The van der Waals surface area contributed by atoms with Gasteiger partial charge in [-0.3, -0.25) is 9.79 Å². The lowest BCUT2D eigenvalue weighted by atomic mass is 9.92. The molecule has 1 amide bonds. The molecule has 4 rings (SSSR count). The Labute approximate surface area is 166 Å². The normalized spacial score (nSPS) is 19.4. The molecule has 0 N–H and O–H groups in total. The van der Waals surface area contributed by atoms with E-state index in [2.05, 4.69) is 9.98 Å². The van der Waals surface area contributed by atoms with Gasteiger partial charge in [0.15, 0.2) is 5.84 Å². The van der Waals surface area contributed by atoms with E-state index in [-0.39, 0.29) is 22.7 Å². The lowest BCUT2D eigenvalue weighted by Crippen LogP contribution is -2.42. The number of piperidine rings is 1. The number of amidine groups is 1. The number of rotatable bonds is 3. The highest BCUT2D eigenvalue weighted by Crippen LogP contribution is 2.24. The van der Waals surface area contributed by atoms with E-state index in [9.17, 15) is 13.6 Å². The molecule has 0 saturated carbocycles. The minimum atomic E-state index is -0.541. The summed E-state index contributed by atoms with van der Waals surface area (Å²) in [5.41, 5.74) is 2.10. The molecule has 1 saturated heterocycles. The Morgan fingerprint density at radius 3 is 2.68 bits per heavy atom. The van der Waals surface area contributed by atoms with Crippen molar-refractivity contribution in [2.45, 2.75) is 12.8 Å². The molecule has 0 radical (unpaired) electrons. The van der Waals surface area contributed by atoms with Crippen molar-refractivity contribution in [3.63, 3.8) is 0 Å². The Balaban J connectivity index is 1.47. The highest BCUT2D eigenvalue weighted by atomic mass is 35.5. The molecule has 0 bridgehead atoms. The molecule has 2 aliphatic heterocycles. The Morgan fingerprint density at radius 2 is 1.93 bits per heavy atom. The molecule has 7 heteroatoms. The number of carbonyl (C=O) groups excluding carboxylic acids is 1. The van der Waals surface area contributed by atoms with Crippen LogP contribution in [0.2, 0.25) is 5.02 Å². The molecule has 0 spiro atoms. The monoisotopic (exact) mass is 401 g/mol. The van der Waals surface area contributed by atoms with Gasteiger partial charge in [-0.15, -0.1) is 0 Å². The molecule has 0 aromatic heterocycles. The Hall–Kier alpha value is -2.60. The largest absolute Gasteiger partial charge is 0.338 e. The number of hydrogen-bond donors (Lipinski definition) is 0. The van der Waals surface area contributed by atoms with Crippen LogP contribution >= 0.6 is 11.6 Å². The van der Waals surface area contributed by atoms with Crippen LogP contribution in [0.3, 0.4) is 0 Å². The molecule has 0 unspecified atom stereocenters. The third-order valence-electron chi connectivity index (χ3n) is 5.09. The number of amides is 1. The summed E-state index contributed by atoms with van der Waals surface area (Å²) in [4.78, 5) is 23.7. The second-order valence-corrected chi connectivity index (χ2v) is 7.38. The maximum Gasteiger partial charge on any atom is 0.253 e. The van der Waals surface area contributed by atoms with Crippen molar-refractivity contribution < 1.29 is 13.6 Å². The van der Waals surface area contributed by atoms with Gasteiger partial charge in [0.1, 0.15) is 11.6 Å². The molecule has 28 heavy (non-hydrogen) atoms. The quantitative estimate of drug-likeness (QED) is 0.753. The van der Waals surface area contributed by atoms with Crippen LogP contribution in [0.15, 0.2) is 52.4 Å². The van der Waals surface area contributed by atoms with E-state index >= 15 is 0 Å². The molecule has 4 nitrogen and oxygen atoms in total. The first-order valence-electron chi connectivity index (χ1n) is 9.13. The summed E-state index contributed by atoms with van der Waals surface area (Å²) in [6, 6.07) is 10.1. The zero-order chi connectivity index (χ0) is 19.7. The van der Waals surface area contributed by atoms with Gasteiger partial charge in [-0.2, -0.15) is 0 Å². The molecule has 1 fully saturated rings. The topological polar surface area (TPSA) is 45.0 Å². The lowest BCUT2D eigenvalue weighted by Gasteiger charge is -2.32. The van der Waals surface area contributed by atoms with E-state index in [1.54, 1.807) is 17.0 Å². The smallest absolute Gasteiger partial charge is 0.253 e. The Kier molecular flexibility index (Phi) is 5.22. The summed E-state index contributed by atoms with van der Waals surface area (Å²) in [6.07, 6.45) is 1.79. The van der Waals surface area contributed by atoms with Gasteiger partial charge in [0, 0.05) is 35.8 Å². The fourth-order valence-corrected chi connectivity index (χ4v) is 3.76. The molecule has 2 aliphatic rings. The SMILES string of the molecule is O=C(c1ccc(F)c(Cl)c1)N1CCC[C@@H](C2=NC(c3ccc(F)cc3)=NC2)C1. The first-order valence-corrected chi connectivity index (χ1v) is 9.51. The number of benzene rings is 2. The Bertz CT molecular complexity index is 972. The van der Waals surface area contributed by atoms with Crippen molar-refractivity contribution in [2.75, 3.05) is 19.6 Å². The molecular formula is C21H18ClF2N3O. The van der Waals surface area contributed by atoms with Gasteiger partial charge in [0.2, 0.25) is 0 Å². The molecule has 144 valence electrons. The second kappa shape index (κ2) is 7.80. The summed E-state index contributed by atoms with van der Waals surface area (Å²) in [5, 5.41) is -0.0584. The highest BCUT2D eigenvalue weighted by Gasteiger charge is 2.29. The fraction of sp³-hybridized carbons (Fsp3) is 0.286. The van der Waals surface area contributed by atoms with Gasteiger partial charge in [-0.05, 0) is 55.3 Å². The van der Waals surface area contributed by atoms with Gasteiger partial charge in [-0.25, -0.2) is 13.8 Å². The molecule has 2 aromatic rings. The predicted octanol–water partition coefficient (Wildman–Crippen LogP) is 4.37. The van der Waals surface area contributed by atoms with Crippen LogP contribution in [0.1, 0.15) is 28.8 Å². The maximum absolute atomic E-state index is 13.4. The van der Waals surface area contributed by atoms with Crippen LogP contribution in [0.4, 0.5) is 8.78 Å². The lowest BCUT2D eigenvalue weighted by molar-refractivity contribution is 0.0703. The van der Waals surface area contributed by atoms with Gasteiger partial charge < -0.3 is 4.90 Å². The fourth-order valence-electron chi connectivity index (χ4n) is 3.58. The van der Waals surface area contributed by atoms with E-state index in [1.165, 1.54) is 30.3 Å². The molecule has 2 heterocycles. The van der Waals surface area contributed by atoms with E-state index in [1.807, 2.05) is 0 Å². The number of nitrogens with zero attached hydrogens (tertiary/aromatic N) is 3. The predicted molar refractivity (Wildman–Crippen MR) is 105 cm³/mol. The minimum Gasteiger partial charge on any atom is -0.338 e. The summed E-state index contributed by atoms with van der Waals surface area (Å²) >= 11 is 5.81. The van der Waals surface area contributed by atoms with Gasteiger partial charge in [0.05, 0.1) is 11.6 Å². The maximum atomic E-state index is 13.4. The van der Waals surface area contributed by atoms with Crippen molar-refractivity contribution in [3.05, 3.63) is 70.2 Å². The summed E-state index contributed by atoms with van der Waals surface area (Å²) in [7, 11) is 0. The van der Waals surface area contributed by atoms with Crippen molar-refractivity contribution in [2.24, 2.45) is 15.9 Å². The summed E-state index contributed by atoms with van der Waals surface area (Å²) < 4.78 is 26.5. The van der Waals surface area contributed by atoms with Crippen LogP contribution in [0, 0.1) is 17.6 Å². The zero-order valence-electron chi connectivity index (χ0n) is 15.0. The molecule has 2 aromatic carbocycles. The molecule has 0 aliphatic carbocycles. The first kappa shape index (κ1) is 18.7. The van der Waals surface area contributed by atoms with Crippen LogP contribution in [-0.2, 0) is 0 Å². The summed E-state index contributed by atoms with van der Waals surface area (Å²) in [6.45, 7) is 1.67. The highest BCUT2D eigenvalue weighted by molar-refractivity contribution is 6.31. The number of likely N-dealkylation sites (tertiary alicyclic amines) is 1. The van der Waals surface area contributed by atoms with E-state index in [0.29, 0.717) is 31.0 Å². The van der Waals surface area contributed by atoms with Crippen LogP contribution in [0.5, 0.6) is 0 Å². The number of hydrogen-bond acceptors (Lipinski definition) is 3.